The Morgan fingerprint density at radius 2 is 2.39 bits per heavy atom. The molecule has 2 rings (SSSR count). The third kappa shape index (κ3) is 2.95. The monoisotopic (exact) mass is 267 g/mol. The van der Waals surface area contributed by atoms with Crippen LogP contribution in [0.15, 0.2) is 28.9 Å². The predicted molar refractivity (Wildman–Crippen MR) is 68.2 cm³/mol. The SMILES string of the molecule is O=C(O)C1CSCCN1C(=O)/C=C/c1ccco1. The van der Waals surface area contributed by atoms with Crippen LogP contribution in [0, 0.1) is 0 Å². The van der Waals surface area contributed by atoms with Gasteiger partial charge in [0.15, 0.2) is 0 Å². The molecule has 0 saturated carbocycles. The fourth-order valence-electron chi connectivity index (χ4n) is 1.71. The van der Waals surface area contributed by atoms with E-state index in [9.17, 15) is 9.59 Å². The van der Waals surface area contributed by atoms with Crippen LogP contribution in [0.4, 0.5) is 0 Å². The van der Waals surface area contributed by atoms with E-state index in [0.29, 0.717) is 18.1 Å². The molecule has 1 atom stereocenters. The summed E-state index contributed by atoms with van der Waals surface area (Å²) < 4.78 is 5.07. The van der Waals surface area contributed by atoms with Gasteiger partial charge in [-0.2, -0.15) is 11.8 Å². The highest BCUT2D eigenvalue weighted by atomic mass is 32.2. The van der Waals surface area contributed by atoms with Gasteiger partial charge in [0.25, 0.3) is 0 Å². The number of carbonyl (C=O) groups is 2. The smallest absolute Gasteiger partial charge is 0.327 e. The molecule has 6 heteroatoms. The van der Waals surface area contributed by atoms with E-state index in [2.05, 4.69) is 0 Å². The second-order valence-corrected chi connectivity index (χ2v) is 4.96. The van der Waals surface area contributed by atoms with Gasteiger partial charge in [-0.3, -0.25) is 4.79 Å². The number of rotatable bonds is 3. The molecule has 1 unspecified atom stereocenters. The van der Waals surface area contributed by atoms with Gasteiger partial charge in [0.1, 0.15) is 11.8 Å². The maximum atomic E-state index is 11.9. The number of hydrogen-bond acceptors (Lipinski definition) is 4. The van der Waals surface area contributed by atoms with Gasteiger partial charge in [0, 0.05) is 24.1 Å². The van der Waals surface area contributed by atoms with Crippen molar-refractivity contribution in [3.8, 4) is 0 Å². The molecule has 0 bridgehead atoms. The zero-order valence-electron chi connectivity index (χ0n) is 9.61. The molecule has 0 aliphatic carbocycles. The van der Waals surface area contributed by atoms with E-state index in [1.807, 2.05) is 0 Å². The molecular formula is C12H13NO4S. The molecule has 0 radical (unpaired) electrons. The van der Waals surface area contributed by atoms with Gasteiger partial charge < -0.3 is 14.4 Å². The Labute approximate surface area is 108 Å². The Morgan fingerprint density at radius 1 is 1.56 bits per heavy atom. The molecular weight excluding hydrogens is 254 g/mol. The van der Waals surface area contributed by atoms with Crippen molar-refractivity contribution < 1.29 is 19.1 Å². The van der Waals surface area contributed by atoms with Crippen LogP contribution in [0.3, 0.4) is 0 Å². The van der Waals surface area contributed by atoms with Crippen molar-refractivity contribution in [3.05, 3.63) is 30.2 Å². The Balaban J connectivity index is 2.04. The molecule has 1 fully saturated rings. The van der Waals surface area contributed by atoms with Gasteiger partial charge in [-0.1, -0.05) is 0 Å². The van der Waals surface area contributed by atoms with Crippen LogP contribution >= 0.6 is 11.8 Å². The number of carboxylic acids is 1. The molecule has 0 aromatic carbocycles. The third-order valence-electron chi connectivity index (χ3n) is 2.63. The average Bonchev–Trinajstić information content (AvgIpc) is 2.89. The van der Waals surface area contributed by atoms with Gasteiger partial charge >= 0.3 is 5.97 Å². The summed E-state index contributed by atoms with van der Waals surface area (Å²) in [5.41, 5.74) is 0. The molecule has 5 nitrogen and oxygen atoms in total. The van der Waals surface area contributed by atoms with Crippen molar-refractivity contribution in [2.75, 3.05) is 18.1 Å². The zero-order valence-corrected chi connectivity index (χ0v) is 10.4. The summed E-state index contributed by atoms with van der Waals surface area (Å²) in [5, 5.41) is 9.06. The molecule has 1 saturated heterocycles. The standard InChI is InChI=1S/C12H13NO4S/c14-11(4-3-9-2-1-6-17-9)13-5-7-18-8-10(13)12(15)16/h1-4,6,10H,5,7-8H2,(H,15,16)/b4-3+. The number of thioether (sulfide) groups is 1. The van der Waals surface area contributed by atoms with E-state index in [0.717, 1.165) is 5.75 Å². The number of hydrogen-bond donors (Lipinski definition) is 1. The predicted octanol–water partition coefficient (Wildman–Crippen LogP) is 1.32. The second-order valence-electron chi connectivity index (χ2n) is 3.81. The summed E-state index contributed by atoms with van der Waals surface area (Å²) in [6.07, 6.45) is 4.41. The van der Waals surface area contributed by atoms with E-state index in [1.54, 1.807) is 30.0 Å². The largest absolute Gasteiger partial charge is 0.480 e. The summed E-state index contributed by atoms with van der Waals surface area (Å²) in [6, 6.07) is 2.71. The van der Waals surface area contributed by atoms with Gasteiger partial charge in [0.2, 0.25) is 5.91 Å². The van der Waals surface area contributed by atoms with Gasteiger partial charge in [0.05, 0.1) is 6.26 Å². The molecule has 1 aromatic heterocycles. The normalized spacial score (nSPS) is 20.2. The highest BCUT2D eigenvalue weighted by Gasteiger charge is 2.31. The minimum Gasteiger partial charge on any atom is -0.480 e. The minimum atomic E-state index is -0.957. The average molecular weight is 267 g/mol. The van der Waals surface area contributed by atoms with Crippen LogP contribution in [0.5, 0.6) is 0 Å². The topological polar surface area (TPSA) is 70.8 Å². The van der Waals surface area contributed by atoms with Crippen molar-refractivity contribution in [2.24, 2.45) is 0 Å². The Kier molecular flexibility index (Phi) is 4.09. The lowest BCUT2D eigenvalue weighted by Gasteiger charge is -2.31. The van der Waals surface area contributed by atoms with Gasteiger partial charge in [-0.15, -0.1) is 0 Å². The summed E-state index contributed by atoms with van der Waals surface area (Å²) in [4.78, 5) is 24.4. The van der Waals surface area contributed by atoms with Crippen LogP contribution in [-0.2, 0) is 9.59 Å². The number of nitrogens with zero attached hydrogens (tertiary/aromatic N) is 1. The lowest BCUT2D eigenvalue weighted by Crippen LogP contribution is -2.49. The van der Waals surface area contributed by atoms with E-state index in [1.165, 1.54) is 17.2 Å². The van der Waals surface area contributed by atoms with Crippen LogP contribution in [-0.4, -0.2) is 46.0 Å². The first-order valence-corrected chi connectivity index (χ1v) is 6.66. The molecule has 1 aliphatic heterocycles. The van der Waals surface area contributed by atoms with Crippen molar-refractivity contribution in [1.82, 2.24) is 4.90 Å². The van der Waals surface area contributed by atoms with E-state index >= 15 is 0 Å². The summed E-state index contributed by atoms with van der Waals surface area (Å²) in [6.45, 7) is 0.461. The minimum absolute atomic E-state index is 0.292. The first kappa shape index (κ1) is 12.8. The molecule has 1 amide bonds. The fraction of sp³-hybridized carbons (Fsp3) is 0.333. The van der Waals surface area contributed by atoms with Crippen molar-refractivity contribution in [2.45, 2.75) is 6.04 Å². The maximum absolute atomic E-state index is 11.9. The quantitative estimate of drug-likeness (QED) is 0.836. The maximum Gasteiger partial charge on any atom is 0.327 e. The lowest BCUT2D eigenvalue weighted by atomic mass is 10.2. The Morgan fingerprint density at radius 3 is 3.06 bits per heavy atom. The first-order valence-electron chi connectivity index (χ1n) is 5.51. The van der Waals surface area contributed by atoms with E-state index in [-0.39, 0.29) is 5.91 Å². The molecule has 1 aromatic rings. The fourth-order valence-corrected chi connectivity index (χ4v) is 2.75. The first-order chi connectivity index (χ1) is 8.68. The summed E-state index contributed by atoms with van der Waals surface area (Å²) in [5.74, 6) is 0.530. The van der Waals surface area contributed by atoms with Gasteiger partial charge in [-0.25, -0.2) is 4.79 Å². The number of amides is 1. The molecule has 18 heavy (non-hydrogen) atoms. The zero-order chi connectivity index (χ0) is 13.0. The number of aliphatic carboxylic acids is 1. The Hall–Kier alpha value is -1.69. The van der Waals surface area contributed by atoms with Crippen LogP contribution in [0.2, 0.25) is 0 Å². The summed E-state index contributed by atoms with van der Waals surface area (Å²) in [7, 11) is 0. The van der Waals surface area contributed by atoms with Crippen molar-refractivity contribution in [1.29, 1.82) is 0 Å². The molecule has 2 heterocycles. The highest BCUT2D eigenvalue weighted by molar-refractivity contribution is 7.99. The molecule has 1 aliphatic rings. The van der Waals surface area contributed by atoms with Crippen molar-refractivity contribution in [3.63, 3.8) is 0 Å². The number of carboxylic acid groups (broad SMARTS) is 1. The lowest BCUT2D eigenvalue weighted by molar-refractivity contribution is -0.147. The second kappa shape index (κ2) is 5.77. The van der Waals surface area contributed by atoms with Gasteiger partial charge in [-0.05, 0) is 18.2 Å². The molecule has 96 valence electrons. The van der Waals surface area contributed by atoms with Crippen molar-refractivity contribution >= 4 is 29.7 Å². The van der Waals surface area contributed by atoms with Crippen LogP contribution in [0.1, 0.15) is 5.76 Å². The summed E-state index contributed by atoms with van der Waals surface area (Å²) >= 11 is 1.55. The van der Waals surface area contributed by atoms with E-state index in [4.69, 9.17) is 9.52 Å². The third-order valence-corrected chi connectivity index (χ3v) is 3.65. The Bertz CT molecular complexity index is 455. The molecule has 1 N–H and O–H groups in total. The highest BCUT2D eigenvalue weighted by Crippen LogP contribution is 2.17. The van der Waals surface area contributed by atoms with Crippen LogP contribution < -0.4 is 0 Å². The number of carbonyl (C=O) groups excluding carboxylic acids is 1. The molecule has 0 spiro atoms. The van der Waals surface area contributed by atoms with Crippen LogP contribution in [0.25, 0.3) is 6.08 Å². The van der Waals surface area contributed by atoms with E-state index < -0.39 is 12.0 Å². The number of furan rings is 1.